The molecule has 1 amide bonds. The summed E-state index contributed by atoms with van der Waals surface area (Å²) >= 11 is 0. The SMILES string of the molecule is CN(CCCNC(=O)c1cc2ccccc2c(=O)[nH]1)c1ccccc1. The van der Waals surface area contributed by atoms with Crippen LogP contribution in [0.4, 0.5) is 5.69 Å². The van der Waals surface area contributed by atoms with Gasteiger partial charge in [-0.3, -0.25) is 9.59 Å². The molecule has 0 aliphatic heterocycles. The number of amides is 1. The lowest BCUT2D eigenvalue weighted by Crippen LogP contribution is -2.29. The minimum absolute atomic E-state index is 0.243. The van der Waals surface area contributed by atoms with Crippen LogP contribution in [0.15, 0.2) is 65.5 Å². The summed E-state index contributed by atoms with van der Waals surface area (Å²) in [5, 5.41) is 4.21. The standard InChI is InChI=1S/C20H21N3O2/c1-23(16-9-3-2-4-10-16)13-7-12-21-20(25)18-14-15-8-5-6-11-17(15)19(24)22-18/h2-6,8-11,14H,7,12-13H2,1H3,(H,21,25)(H,22,24). The summed E-state index contributed by atoms with van der Waals surface area (Å²) in [5.41, 5.74) is 1.19. The summed E-state index contributed by atoms with van der Waals surface area (Å²) in [4.78, 5) is 29.1. The minimum atomic E-state index is -0.259. The summed E-state index contributed by atoms with van der Waals surface area (Å²) < 4.78 is 0. The number of carbonyl (C=O) groups excluding carboxylic acids is 1. The van der Waals surface area contributed by atoms with Gasteiger partial charge in [-0.1, -0.05) is 36.4 Å². The Hall–Kier alpha value is -3.08. The highest BCUT2D eigenvalue weighted by molar-refractivity contribution is 5.96. The number of aromatic amines is 1. The van der Waals surface area contributed by atoms with Crippen molar-refractivity contribution in [1.29, 1.82) is 0 Å². The number of carbonyl (C=O) groups is 1. The first-order chi connectivity index (χ1) is 12.1. The minimum Gasteiger partial charge on any atom is -0.375 e. The lowest BCUT2D eigenvalue weighted by molar-refractivity contribution is 0.0948. The summed E-state index contributed by atoms with van der Waals surface area (Å²) in [5.74, 6) is -0.259. The number of H-pyrrole nitrogens is 1. The van der Waals surface area contributed by atoms with Gasteiger partial charge < -0.3 is 15.2 Å². The lowest BCUT2D eigenvalue weighted by Gasteiger charge is -2.19. The maximum absolute atomic E-state index is 12.3. The molecular weight excluding hydrogens is 314 g/mol. The zero-order valence-corrected chi connectivity index (χ0v) is 14.2. The van der Waals surface area contributed by atoms with Gasteiger partial charge in [0.25, 0.3) is 11.5 Å². The van der Waals surface area contributed by atoms with Crippen molar-refractivity contribution in [3.05, 3.63) is 76.7 Å². The number of para-hydroxylation sites is 1. The highest BCUT2D eigenvalue weighted by Crippen LogP contribution is 2.11. The van der Waals surface area contributed by atoms with Crippen LogP contribution >= 0.6 is 0 Å². The maximum atomic E-state index is 12.3. The molecule has 0 fully saturated rings. The van der Waals surface area contributed by atoms with Crippen molar-refractivity contribution in [2.24, 2.45) is 0 Å². The molecule has 0 atom stereocenters. The number of hydrogen-bond donors (Lipinski definition) is 2. The van der Waals surface area contributed by atoms with Crippen molar-refractivity contribution < 1.29 is 4.79 Å². The van der Waals surface area contributed by atoms with Crippen molar-refractivity contribution in [1.82, 2.24) is 10.3 Å². The Morgan fingerprint density at radius 3 is 2.60 bits per heavy atom. The Labute approximate surface area is 146 Å². The average Bonchev–Trinajstić information content (AvgIpc) is 2.65. The summed E-state index contributed by atoms with van der Waals surface area (Å²) in [6.07, 6.45) is 0.814. The van der Waals surface area contributed by atoms with E-state index in [0.29, 0.717) is 17.6 Å². The molecule has 0 aliphatic carbocycles. The number of nitrogens with one attached hydrogen (secondary N) is 2. The van der Waals surface area contributed by atoms with Gasteiger partial charge in [0.15, 0.2) is 0 Å². The highest BCUT2D eigenvalue weighted by Gasteiger charge is 2.09. The van der Waals surface area contributed by atoms with E-state index in [1.165, 1.54) is 0 Å². The predicted molar refractivity (Wildman–Crippen MR) is 101 cm³/mol. The van der Waals surface area contributed by atoms with E-state index >= 15 is 0 Å². The van der Waals surface area contributed by atoms with Crippen LogP contribution in [0.5, 0.6) is 0 Å². The number of rotatable bonds is 6. The molecule has 3 rings (SSSR count). The van der Waals surface area contributed by atoms with Crippen molar-refractivity contribution >= 4 is 22.4 Å². The number of fused-ring (bicyclic) bond motifs is 1. The molecule has 0 aliphatic rings. The second kappa shape index (κ2) is 7.66. The monoisotopic (exact) mass is 335 g/mol. The van der Waals surface area contributed by atoms with Gasteiger partial charge in [-0.25, -0.2) is 0 Å². The molecule has 0 saturated carbocycles. The van der Waals surface area contributed by atoms with Crippen LogP contribution in [0, 0.1) is 0 Å². The Kier molecular flexibility index (Phi) is 5.14. The molecule has 0 saturated heterocycles. The van der Waals surface area contributed by atoms with E-state index in [9.17, 15) is 9.59 Å². The predicted octanol–water partition coefficient (Wildman–Crippen LogP) is 2.78. The van der Waals surface area contributed by atoms with E-state index in [1.54, 1.807) is 18.2 Å². The van der Waals surface area contributed by atoms with Crippen molar-refractivity contribution in [3.63, 3.8) is 0 Å². The number of pyridine rings is 1. The lowest BCUT2D eigenvalue weighted by atomic mass is 10.1. The zero-order chi connectivity index (χ0) is 17.6. The quantitative estimate of drug-likeness (QED) is 0.681. The molecule has 0 unspecified atom stereocenters. The molecule has 0 bridgehead atoms. The molecular formula is C20H21N3O2. The Balaban J connectivity index is 1.55. The normalized spacial score (nSPS) is 10.6. The topological polar surface area (TPSA) is 65.2 Å². The molecule has 5 heteroatoms. The van der Waals surface area contributed by atoms with Crippen LogP contribution in [0.3, 0.4) is 0 Å². The van der Waals surface area contributed by atoms with Crippen LogP contribution in [-0.2, 0) is 0 Å². The van der Waals surface area contributed by atoms with Gasteiger partial charge in [0, 0.05) is 31.2 Å². The molecule has 128 valence electrons. The smallest absolute Gasteiger partial charge is 0.267 e. The molecule has 3 aromatic rings. The van der Waals surface area contributed by atoms with E-state index < -0.39 is 0 Å². The van der Waals surface area contributed by atoms with E-state index in [0.717, 1.165) is 24.0 Å². The molecule has 2 aromatic carbocycles. The Bertz CT molecular complexity index is 919. The number of aromatic nitrogens is 1. The first-order valence-corrected chi connectivity index (χ1v) is 8.31. The third-order valence-corrected chi connectivity index (χ3v) is 4.15. The van der Waals surface area contributed by atoms with E-state index in [2.05, 4.69) is 27.3 Å². The molecule has 25 heavy (non-hydrogen) atoms. The van der Waals surface area contributed by atoms with Gasteiger partial charge in [-0.2, -0.15) is 0 Å². The molecule has 1 aromatic heterocycles. The van der Waals surface area contributed by atoms with E-state index in [4.69, 9.17) is 0 Å². The summed E-state index contributed by atoms with van der Waals surface area (Å²) in [7, 11) is 2.03. The number of benzene rings is 2. The van der Waals surface area contributed by atoms with Gasteiger partial charge in [0.2, 0.25) is 0 Å². The van der Waals surface area contributed by atoms with Crippen LogP contribution in [-0.4, -0.2) is 31.0 Å². The average molecular weight is 335 g/mol. The third-order valence-electron chi connectivity index (χ3n) is 4.15. The van der Waals surface area contributed by atoms with Crippen molar-refractivity contribution in [3.8, 4) is 0 Å². The molecule has 2 N–H and O–H groups in total. The van der Waals surface area contributed by atoms with E-state index in [-0.39, 0.29) is 11.5 Å². The van der Waals surface area contributed by atoms with Gasteiger partial charge in [-0.15, -0.1) is 0 Å². The van der Waals surface area contributed by atoms with Crippen LogP contribution in [0.25, 0.3) is 10.8 Å². The molecule has 0 spiro atoms. The van der Waals surface area contributed by atoms with E-state index in [1.807, 2.05) is 37.4 Å². The highest BCUT2D eigenvalue weighted by atomic mass is 16.2. The fourth-order valence-electron chi connectivity index (χ4n) is 2.76. The number of nitrogens with zero attached hydrogens (tertiary/aromatic N) is 1. The summed E-state index contributed by atoms with van der Waals surface area (Å²) in [6, 6.07) is 19.0. The summed E-state index contributed by atoms with van der Waals surface area (Å²) in [6.45, 7) is 1.38. The zero-order valence-electron chi connectivity index (χ0n) is 14.2. The molecule has 5 nitrogen and oxygen atoms in total. The molecule has 1 heterocycles. The fourth-order valence-corrected chi connectivity index (χ4v) is 2.76. The van der Waals surface area contributed by atoms with Crippen molar-refractivity contribution in [2.75, 3.05) is 25.0 Å². The van der Waals surface area contributed by atoms with Crippen LogP contribution in [0.2, 0.25) is 0 Å². The van der Waals surface area contributed by atoms with Crippen LogP contribution < -0.4 is 15.8 Å². The van der Waals surface area contributed by atoms with Crippen molar-refractivity contribution in [2.45, 2.75) is 6.42 Å². The Morgan fingerprint density at radius 1 is 1.08 bits per heavy atom. The van der Waals surface area contributed by atoms with Gasteiger partial charge in [0.05, 0.1) is 0 Å². The Morgan fingerprint density at radius 2 is 1.80 bits per heavy atom. The maximum Gasteiger partial charge on any atom is 0.267 e. The largest absolute Gasteiger partial charge is 0.375 e. The first-order valence-electron chi connectivity index (χ1n) is 8.31. The number of hydrogen-bond acceptors (Lipinski definition) is 3. The fraction of sp³-hybridized carbons (Fsp3) is 0.200. The van der Waals surface area contributed by atoms with Gasteiger partial charge in [0.1, 0.15) is 5.69 Å². The van der Waals surface area contributed by atoms with Gasteiger partial charge in [-0.05, 0) is 36.1 Å². The second-order valence-electron chi connectivity index (χ2n) is 5.97. The first kappa shape index (κ1) is 16.8. The second-order valence-corrected chi connectivity index (χ2v) is 5.97. The molecule has 0 radical (unpaired) electrons. The van der Waals surface area contributed by atoms with Crippen LogP contribution in [0.1, 0.15) is 16.9 Å². The third kappa shape index (κ3) is 4.07. The number of anilines is 1. The van der Waals surface area contributed by atoms with Gasteiger partial charge >= 0.3 is 0 Å².